The predicted molar refractivity (Wildman–Crippen MR) is 112 cm³/mol. The molecule has 6 nitrogen and oxygen atoms in total. The van der Waals surface area contributed by atoms with Gasteiger partial charge in [0.1, 0.15) is 19.0 Å². The summed E-state index contributed by atoms with van der Waals surface area (Å²) in [5.74, 6) is 0.382. The number of carbonyl (C=O) groups excluding carboxylic acids is 1. The molecule has 0 aliphatic heterocycles. The van der Waals surface area contributed by atoms with Crippen LogP contribution in [-0.2, 0) is 32.1 Å². The summed E-state index contributed by atoms with van der Waals surface area (Å²) in [6.07, 6.45) is -0.135. The molecule has 0 fully saturated rings. The summed E-state index contributed by atoms with van der Waals surface area (Å²) in [5, 5.41) is 4.07. The molecule has 0 aliphatic carbocycles. The highest BCUT2D eigenvalue weighted by Crippen LogP contribution is 2.15. The normalized spacial score (nSPS) is 12.3. The van der Waals surface area contributed by atoms with Gasteiger partial charge in [-0.1, -0.05) is 47.6 Å². The van der Waals surface area contributed by atoms with E-state index in [1.54, 1.807) is 6.92 Å². The van der Waals surface area contributed by atoms with Crippen molar-refractivity contribution in [3.8, 4) is 5.75 Å². The minimum atomic E-state index is -0.595. The Kier molecular flexibility index (Phi) is 9.72. The predicted octanol–water partition coefficient (Wildman–Crippen LogP) is 4.17. The lowest BCUT2D eigenvalue weighted by Gasteiger charge is -2.15. The smallest absolute Gasteiger partial charge is 0.335 e. The second kappa shape index (κ2) is 12.6. The molecule has 0 radical (unpaired) electrons. The lowest BCUT2D eigenvalue weighted by molar-refractivity contribution is -0.156. The maximum atomic E-state index is 12.0. The molecule has 2 aromatic rings. The third-order valence-corrected chi connectivity index (χ3v) is 4.00. The van der Waals surface area contributed by atoms with Gasteiger partial charge in [0.15, 0.2) is 6.10 Å². The molecular weight excluding hydrogens is 370 g/mol. The van der Waals surface area contributed by atoms with Crippen molar-refractivity contribution in [2.24, 2.45) is 5.16 Å². The SMILES string of the molecule is CCOC(=O)C(Cc1ccc(OC/C(C)=N/OCc2ccccc2)cc1)OCC. The molecular formula is C23H29NO5. The van der Waals surface area contributed by atoms with Crippen LogP contribution in [0, 0.1) is 0 Å². The molecule has 0 aliphatic rings. The van der Waals surface area contributed by atoms with E-state index >= 15 is 0 Å². The fraction of sp³-hybridized carbons (Fsp3) is 0.391. The summed E-state index contributed by atoms with van der Waals surface area (Å²) >= 11 is 0. The molecule has 2 aromatic carbocycles. The van der Waals surface area contributed by atoms with Gasteiger partial charge in [-0.05, 0) is 44.0 Å². The van der Waals surface area contributed by atoms with E-state index in [-0.39, 0.29) is 5.97 Å². The minimum Gasteiger partial charge on any atom is -0.488 e. The summed E-state index contributed by atoms with van der Waals surface area (Å²) in [5.41, 5.74) is 2.78. The zero-order valence-electron chi connectivity index (χ0n) is 17.3. The van der Waals surface area contributed by atoms with Gasteiger partial charge in [-0.3, -0.25) is 0 Å². The van der Waals surface area contributed by atoms with Crippen LogP contribution in [0.2, 0.25) is 0 Å². The van der Waals surface area contributed by atoms with E-state index in [0.717, 1.165) is 22.6 Å². The minimum absolute atomic E-state index is 0.332. The lowest BCUT2D eigenvalue weighted by Crippen LogP contribution is -2.28. The highest BCUT2D eigenvalue weighted by molar-refractivity contribution is 5.82. The van der Waals surface area contributed by atoms with Crippen molar-refractivity contribution in [2.75, 3.05) is 19.8 Å². The summed E-state index contributed by atoms with van der Waals surface area (Å²) in [6, 6.07) is 17.4. The van der Waals surface area contributed by atoms with Crippen molar-refractivity contribution in [3.63, 3.8) is 0 Å². The number of oxime groups is 1. The van der Waals surface area contributed by atoms with E-state index < -0.39 is 6.10 Å². The van der Waals surface area contributed by atoms with Crippen LogP contribution in [0.4, 0.5) is 0 Å². The number of rotatable bonds is 12. The van der Waals surface area contributed by atoms with Crippen molar-refractivity contribution in [1.82, 2.24) is 0 Å². The van der Waals surface area contributed by atoms with E-state index in [4.69, 9.17) is 19.0 Å². The number of nitrogens with zero attached hydrogens (tertiary/aromatic N) is 1. The summed E-state index contributed by atoms with van der Waals surface area (Å²) in [6.45, 7) is 7.04. The van der Waals surface area contributed by atoms with Crippen molar-refractivity contribution >= 4 is 11.7 Å². The highest BCUT2D eigenvalue weighted by Gasteiger charge is 2.20. The van der Waals surface area contributed by atoms with Crippen molar-refractivity contribution in [1.29, 1.82) is 0 Å². The maximum absolute atomic E-state index is 12.0. The van der Waals surface area contributed by atoms with Crippen molar-refractivity contribution < 1.29 is 23.8 Å². The first kappa shape index (κ1) is 22.4. The van der Waals surface area contributed by atoms with Gasteiger partial charge in [-0.25, -0.2) is 4.79 Å². The first-order valence-electron chi connectivity index (χ1n) is 9.81. The number of carbonyl (C=O) groups is 1. The van der Waals surface area contributed by atoms with Crippen molar-refractivity contribution in [2.45, 2.75) is 39.9 Å². The zero-order chi connectivity index (χ0) is 20.9. The van der Waals surface area contributed by atoms with Crippen LogP contribution in [0.3, 0.4) is 0 Å². The van der Waals surface area contributed by atoms with Crippen LogP contribution in [0.1, 0.15) is 31.9 Å². The van der Waals surface area contributed by atoms with Gasteiger partial charge in [0.05, 0.1) is 12.3 Å². The summed E-state index contributed by atoms with van der Waals surface area (Å²) in [4.78, 5) is 17.3. The molecule has 0 saturated heterocycles. The lowest BCUT2D eigenvalue weighted by atomic mass is 10.1. The van der Waals surface area contributed by atoms with Crippen LogP contribution < -0.4 is 4.74 Å². The zero-order valence-corrected chi connectivity index (χ0v) is 17.3. The first-order valence-corrected chi connectivity index (χ1v) is 9.81. The second-order valence-corrected chi connectivity index (χ2v) is 6.42. The van der Waals surface area contributed by atoms with E-state index in [2.05, 4.69) is 5.16 Å². The third-order valence-electron chi connectivity index (χ3n) is 4.00. The van der Waals surface area contributed by atoms with E-state index in [0.29, 0.717) is 32.8 Å². The molecule has 0 aromatic heterocycles. The van der Waals surface area contributed by atoms with Gasteiger partial charge in [-0.2, -0.15) is 0 Å². The molecule has 0 amide bonds. The Morgan fingerprint density at radius 3 is 2.34 bits per heavy atom. The largest absolute Gasteiger partial charge is 0.488 e. The Hall–Kier alpha value is -2.86. The molecule has 0 heterocycles. The molecule has 0 N–H and O–H groups in total. The summed E-state index contributed by atoms with van der Waals surface area (Å²) in [7, 11) is 0. The first-order chi connectivity index (χ1) is 14.1. The molecule has 0 saturated carbocycles. The van der Waals surface area contributed by atoms with Crippen LogP contribution in [0.5, 0.6) is 5.75 Å². The molecule has 1 unspecified atom stereocenters. The maximum Gasteiger partial charge on any atom is 0.335 e. The summed E-state index contributed by atoms with van der Waals surface area (Å²) < 4.78 is 16.3. The fourth-order valence-electron chi connectivity index (χ4n) is 2.59. The van der Waals surface area contributed by atoms with Crippen LogP contribution >= 0.6 is 0 Å². The van der Waals surface area contributed by atoms with Gasteiger partial charge < -0.3 is 19.0 Å². The topological polar surface area (TPSA) is 66.4 Å². The molecule has 0 bridgehead atoms. The van der Waals surface area contributed by atoms with Gasteiger partial charge in [0.25, 0.3) is 0 Å². The number of hydrogen-bond donors (Lipinski definition) is 0. The average molecular weight is 399 g/mol. The Morgan fingerprint density at radius 2 is 1.69 bits per heavy atom. The van der Waals surface area contributed by atoms with E-state index in [9.17, 15) is 4.79 Å². The molecule has 156 valence electrons. The quantitative estimate of drug-likeness (QED) is 0.304. The Balaban J connectivity index is 1.80. The molecule has 2 rings (SSSR count). The Morgan fingerprint density at radius 1 is 0.966 bits per heavy atom. The fourth-order valence-corrected chi connectivity index (χ4v) is 2.59. The number of hydrogen-bond acceptors (Lipinski definition) is 6. The monoisotopic (exact) mass is 399 g/mol. The van der Waals surface area contributed by atoms with Crippen LogP contribution in [0.25, 0.3) is 0 Å². The van der Waals surface area contributed by atoms with Crippen molar-refractivity contribution in [3.05, 3.63) is 65.7 Å². The van der Waals surface area contributed by atoms with Crippen LogP contribution in [-0.4, -0.2) is 37.6 Å². The Labute approximate surface area is 172 Å². The number of ether oxygens (including phenoxy) is 3. The molecule has 1 atom stereocenters. The number of esters is 1. The van der Waals surface area contributed by atoms with Gasteiger partial charge in [0, 0.05) is 13.0 Å². The average Bonchev–Trinajstić information content (AvgIpc) is 2.74. The van der Waals surface area contributed by atoms with Crippen LogP contribution in [0.15, 0.2) is 59.8 Å². The molecule has 0 spiro atoms. The second-order valence-electron chi connectivity index (χ2n) is 6.42. The standard InChI is InChI=1S/C23H29NO5/c1-4-26-22(23(25)27-5-2)15-19-11-13-21(14-12-19)28-16-18(3)24-29-17-20-9-7-6-8-10-20/h6-14,22H,4-5,15-17H2,1-3H3/b24-18+. The third kappa shape index (κ3) is 8.35. The Bertz CT molecular complexity index is 759. The van der Waals surface area contributed by atoms with E-state index in [1.165, 1.54) is 0 Å². The molecule has 6 heteroatoms. The van der Waals surface area contributed by atoms with E-state index in [1.807, 2.05) is 68.4 Å². The van der Waals surface area contributed by atoms with Gasteiger partial charge in [-0.15, -0.1) is 0 Å². The van der Waals surface area contributed by atoms with Gasteiger partial charge >= 0.3 is 5.97 Å². The number of benzene rings is 2. The highest BCUT2D eigenvalue weighted by atomic mass is 16.6. The van der Waals surface area contributed by atoms with Gasteiger partial charge in [0.2, 0.25) is 0 Å². The molecule has 29 heavy (non-hydrogen) atoms.